The van der Waals surface area contributed by atoms with Crippen LogP contribution in [0.2, 0.25) is 0 Å². The number of sulfonamides is 1. The van der Waals surface area contributed by atoms with Gasteiger partial charge in [0.15, 0.2) is 5.03 Å². The molecular weight excluding hydrogens is 282 g/mol. The summed E-state index contributed by atoms with van der Waals surface area (Å²) in [5.41, 5.74) is 2.52. The molecule has 8 nitrogen and oxygen atoms in total. The summed E-state index contributed by atoms with van der Waals surface area (Å²) in [6.45, 7) is 0.632. The predicted octanol–water partition coefficient (Wildman–Crippen LogP) is -0.780. The third-order valence-corrected chi connectivity index (χ3v) is 4.95. The normalized spacial score (nSPS) is 17.9. The molecule has 0 unspecified atom stereocenters. The highest BCUT2D eigenvalue weighted by Crippen LogP contribution is 2.22. The number of pyridine rings is 1. The van der Waals surface area contributed by atoms with E-state index in [1.807, 2.05) is 0 Å². The number of likely N-dealkylation sites (N-methyl/N-ethyl adjacent to an activating group) is 1. The number of carbonyl (C=O) groups is 1. The fourth-order valence-electron chi connectivity index (χ4n) is 1.99. The third-order valence-electron chi connectivity index (χ3n) is 3.15. The maximum absolute atomic E-state index is 12.6. The number of anilines is 1. The number of hydrazine groups is 1. The molecule has 0 aliphatic carbocycles. The molecule has 0 spiro atoms. The molecule has 1 aromatic rings. The Labute approximate surface area is 117 Å². The van der Waals surface area contributed by atoms with Gasteiger partial charge in [-0.3, -0.25) is 10.6 Å². The molecule has 2 rings (SSSR count). The van der Waals surface area contributed by atoms with Crippen molar-refractivity contribution in [3.8, 4) is 0 Å². The van der Waals surface area contributed by atoms with Gasteiger partial charge in [-0.05, 0) is 18.6 Å². The molecule has 0 aromatic carbocycles. The molecule has 1 aliphatic heterocycles. The molecule has 0 bridgehead atoms. The van der Waals surface area contributed by atoms with Crippen LogP contribution in [0.5, 0.6) is 0 Å². The Morgan fingerprint density at radius 1 is 1.40 bits per heavy atom. The molecule has 1 aromatic heterocycles. The Morgan fingerprint density at radius 3 is 2.85 bits per heavy atom. The maximum Gasteiger partial charge on any atom is 0.263 e. The summed E-state index contributed by atoms with van der Waals surface area (Å²) in [4.78, 5) is 17.2. The fourth-order valence-corrected chi connectivity index (χ4v) is 3.49. The molecular formula is C11H17N5O3S. The van der Waals surface area contributed by atoms with Crippen molar-refractivity contribution in [2.75, 3.05) is 32.1 Å². The first-order chi connectivity index (χ1) is 9.46. The van der Waals surface area contributed by atoms with Gasteiger partial charge in [0.25, 0.3) is 10.0 Å². The first-order valence-electron chi connectivity index (χ1n) is 6.12. The second-order valence-electron chi connectivity index (χ2n) is 4.51. The highest BCUT2D eigenvalue weighted by molar-refractivity contribution is 7.89. The minimum atomic E-state index is -3.85. The van der Waals surface area contributed by atoms with Crippen molar-refractivity contribution in [2.24, 2.45) is 5.84 Å². The van der Waals surface area contributed by atoms with Crippen LogP contribution in [-0.2, 0) is 14.8 Å². The topological polar surface area (TPSA) is 109 Å². The van der Waals surface area contributed by atoms with Crippen LogP contribution in [-0.4, -0.2) is 55.2 Å². The van der Waals surface area contributed by atoms with Gasteiger partial charge < -0.3 is 10.3 Å². The smallest absolute Gasteiger partial charge is 0.263 e. The Balaban J connectivity index is 2.37. The Bertz CT molecular complexity index is 604. The number of carbonyl (C=O) groups excluding carboxylic acids is 1. The summed E-state index contributed by atoms with van der Waals surface area (Å²) in [6.07, 6.45) is 1.96. The van der Waals surface area contributed by atoms with Crippen LogP contribution < -0.4 is 11.3 Å². The number of nitrogens with one attached hydrogen (secondary N) is 1. The summed E-state index contributed by atoms with van der Waals surface area (Å²) >= 11 is 0. The van der Waals surface area contributed by atoms with Gasteiger partial charge in [0.2, 0.25) is 5.91 Å². The molecule has 9 heteroatoms. The van der Waals surface area contributed by atoms with Crippen molar-refractivity contribution < 1.29 is 13.2 Å². The summed E-state index contributed by atoms with van der Waals surface area (Å²) in [5.74, 6) is 5.08. The minimum absolute atomic E-state index is 0.167. The number of rotatable bonds is 3. The van der Waals surface area contributed by atoms with Crippen molar-refractivity contribution in [1.29, 1.82) is 0 Å². The van der Waals surface area contributed by atoms with E-state index in [2.05, 4.69) is 10.4 Å². The molecule has 3 N–H and O–H groups in total. The summed E-state index contributed by atoms with van der Waals surface area (Å²) in [5, 5.41) is -0.167. The summed E-state index contributed by atoms with van der Waals surface area (Å²) in [6, 6.07) is 3.10. The zero-order valence-electron chi connectivity index (χ0n) is 11.1. The first-order valence-corrected chi connectivity index (χ1v) is 7.56. The van der Waals surface area contributed by atoms with Crippen molar-refractivity contribution in [2.45, 2.75) is 11.4 Å². The molecule has 110 valence electrons. The molecule has 1 aliphatic rings. The van der Waals surface area contributed by atoms with Crippen LogP contribution in [0.4, 0.5) is 5.69 Å². The number of nitrogens with zero attached hydrogens (tertiary/aromatic N) is 3. The highest BCUT2D eigenvalue weighted by Gasteiger charge is 2.32. The van der Waals surface area contributed by atoms with Gasteiger partial charge in [0.1, 0.15) is 0 Å². The Hall–Kier alpha value is -1.71. The first kappa shape index (κ1) is 14.7. The van der Waals surface area contributed by atoms with Gasteiger partial charge in [-0.2, -0.15) is 4.31 Å². The second kappa shape index (κ2) is 5.73. The van der Waals surface area contributed by atoms with Crippen LogP contribution in [0.1, 0.15) is 6.42 Å². The molecule has 1 saturated heterocycles. The average molecular weight is 299 g/mol. The molecule has 20 heavy (non-hydrogen) atoms. The number of nitrogen functional groups attached to an aromatic ring is 1. The largest absolute Gasteiger partial charge is 0.345 e. The number of aromatic nitrogens is 1. The van der Waals surface area contributed by atoms with Crippen LogP contribution in [0.3, 0.4) is 0 Å². The van der Waals surface area contributed by atoms with Gasteiger partial charge in [-0.25, -0.2) is 13.4 Å². The standard InChI is InChI=1S/C11H17N5O3S/c1-15-6-3-7-16(8-10(15)17)20(18,19)11-9(14-12)4-2-5-13-11/h2,4-5,14H,3,6-8,12H2,1H3. The van der Waals surface area contributed by atoms with E-state index in [1.165, 1.54) is 17.2 Å². The van der Waals surface area contributed by atoms with E-state index in [-0.39, 0.29) is 29.7 Å². The van der Waals surface area contributed by atoms with Gasteiger partial charge in [-0.1, -0.05) is 0 Å². The molecule has 1 amide bonds. The van der Waals surface area contributed by atoms with Gasteiger partial charge in [0, 0.05) is 26.3 Å². The zero-order chi connectivity index (χ0) is 14.8. The van der Waals surface area contributed by atoms with Crippen molar-refractivity contribution >= 4 is 21.6 Å². The van der Waals surface area contributed by atoms with E-state index in [0.717, 1.165) is 4.31 Å². The lowest BCUT2D eigenvalue weighted by Gasteiger charge is -2.20. The minimum Gasteiger partial charge on any atom is -0.345 e. The maximum atomic E-state index is 12.6. The van der Waals surface area contributed by atoms with E-state index in [0.29, 0.717) is 13.0 Å². The molecule has 1 fully saturated rings. The second-order valence-corrected chi connectivity index (χ2v) is 6.36. The zero-order valence-corrected chi connectivity index (χ0v) is 11.9. The lowest BCUT2D eigenvalue weighted by molar-refractivity contribution is -0.129. The summed E-state index contributed by atoms with van der Waals surface area (Å²) < 4.78 is 26.3. The van der Waals surface area contributed by atoms with Crippen molar-refractivity contribution in [3.63, 3.8) is 0 Å². The SMILES string of the molecule is CN1CCCN(S(=O)(=O)c2ncccc2NN)CC1=O. The van der Waals surface area contributed by atoms with Crippen molar-refractivity contribution in [1.82, 2.24) is 14.2 Å². The monoisotopic (exact) mass is 299 g/mol. The van der Waals surface area contributed by atoms with E-state index >= 15 is 0 Å². The highest BCUT2D eigenvalue weighted by atomic mass is 32.2. The molecule has 0 atom stereocenters. The lowest BCUT2D eigenvalue weighted by Crippen LogP contribution is -2.38. The Kier molecular flexibility index (Phi) is 4.21. The van der Waals surface area contributed by atoms with Crippen LogP contribution in [0, 0.1) is 0 Å². The van der Waals surface area contributed by atoms with Crippen LogP contribution in [0.25, 0.3) is 0 Å². The van der Waals surface area contributed by atoms with Gasteiger partial charge in [0.05, 0.1) is 12.2 Å². The van der Waals surface area contributed by atoms with E-state index in [4.69, 9.17) is 5.84 Å². The average Bonchev–Trinajstić information content (AvgIpc) is 2.61. The molecule has 2 heterocycles. The van der Waals surface area contributed by atoms with E-state index in [1.54, 1.807) is 13.1 Å². The van der Waals surface area contributed by atoms with E-state index in [9.17, 15) is 13.2 Å². The van der Waals surface area contributed by atoms with E-state index < -0.39 is 10.0 Å². The lowest BCUT2D eigenvalue weighted by atomic mass is 10.4. The number of amides is 1. The number of nitrogens with two attached hydrogens (primary N) is 1. The van der Waals surface area contributed by atoms with Gasteiger partial charge in [-0.15, -0.1) is 0 Å². The molecule has 0 radical (unpaired) electrons. The number of hydrogen-bond acceptors (Lipinski definition) is 6. The van der Waals surface area contributed by atoms with Gasteiger partial charge >= 0.3 is 0 Å². The quantitative estimate of drug-likeness (QED) is 0.560. The van der Waals surface area contributed by atoms with Crippen LogP contribution >= 0.6 is 0 Å². The summed E-state index contributed by atoms with van der Waals surface area (Å²) in [7, 11) is -2.19. The fraction of sp³-hybridized carbons (Fsp3) is 0.455. The van der Waals surface area contributed by atoms with Crippen LogP contribution in [0.15, 0.2) is 23.4 Å². The molecule has 0 saturated carbocycles. The third kappa shape index (κ3) is 2.74. The predicted molar refractivity (Wildman–Crippen MR) is 73.1 cm³/mol. The Morgan fingerprint density at radius 2 is 2.15 bits per heavy atom. The number of hydrogen-bond donors (Lipinski definition) is 2. The van der Waals surface area contributed by atoms with Crippen molar-refractivity contribution in [3.05, 3.63) is 18.3 Å².